The smallest absolute Gasteiger partial charge is 0.250 e. The van der Waals surface area contributed by atoms with Gasteiger partial charge < -0.3 is 35.5 Å². The number of aliphatic hydroxyl groups is 4. The molecule has 1 saturated heterocycles. The molecule has 6 N–H and O–H groups in total. The first kappa shape index (κ1) is 25.7. The van der Waals surface area contributed by atoms with Crippen LogP contribution in [0.5, 0.6) is 0 Å². The molecule has 5 rings (SSSR count). The molecule has 2 heterocycles. The average Bonchev–Trinajstić information content (AvgIpc) is 3.22. The number of nitrogens with two attached hydrogens (primary N) is 1. The molecule has 36 heavy (non-hydrogen) atoms. The Bertz CT molecular complexity index is 1340. The van der Waals surface area contributed by atoms with Gasteiger partial charge in [-0.3, -0.25) is 4.79 Å². The Kier molecular flexibility index (Phi) is 7.97. The van der Waals surface area contributed by atoms with Crippen molar-refractivity contribution in [1.29, 1.82) is 0 Å². The van der Waals surface area contributed by atoms with Gasteiger partial charge in [0.25, 0.3) is 5.91 Å². The van der Waals surface area contributed by atoms with Gasteiger partial charge in [-0.25, -0.2) is 4.39 Å². The monoisotopic (exact) mass is 496 g/mol. The van der Waals surface area contributed by atoms with Crippen molar-refractivity contribution in [3.05, 3.63) is 83.8 Å². The van der Waals surface area contributed by atoms with E-state index < -0.39 is 30.3 Å². The number of hydrogen-bond acceptors (Lipinski definition) is 6. The predicted molar refractivity (Wildman–Crippen MR) is 133 cm³/mol. The van der Waals surface area contributed by atoms with Crippen molar-refractivity contribution in [3.8, 4) is 0 Å². The Morgan fingerprint density at radius 2 is 1.78 bits per heavy atom. The van der Waals surface area contributed by atoms with E-state index in [9.17, 15) is 19.4 Å². The first-order valence-electron chi connectivity index (χ1n) is 11.6. The fraction of sp³-hybridized carbons (Fsp3) is 0.296. The van der Waals surface area contributed by atoms with Gasteiger partial charge in [0, 0.05) is 30.1 Å². The molecule has 4 aromatic rings. The van der Waals surface area contributed by atoms with Gasteiger partial charge in [0.2, 0.25) is 0 Å². The largest absolute Gasteiger partial charge is 0.396 e. The van der Waals surface area contributed by atoms with Crippen molar-refractivity contribution in [3.63, 3.8) is 0 Å². The maximum atomic E-state index is 13.6. The molecule has 0 saturated carbocycles. The number of benzene rings is 3. The molecule has 4 atom stereocenters. The predicted octanol–water partition coefficient (Wildman–Crippen LogP) is 2.14. The number of aromatic nitrogens is 1. The first-order valence-corrected chi connectivity index (χ1v) is 11.6. The average molecular weight is 497 g/mol. The Morgan fingerprint density at radius 1 is 1.03 bits per heavy atom. The Labute approximate surface area is 207 Å². The molecule has 1 aliphatic rings. The van der Waals surface area contributed by atoms with Crippen molar-refractivity contribution < 1.29 is 34.3 Å². The minimum absolute atomic E-state index is 0.230. The van der Waals surface area contributed by atoms with Crippen LogP contribution < -0.4 is 5.73 Å². The lowest BCUT2D eigenvalue weighted by Crippen LogP contribution is -2.46. The number of ether oxygens (including phenoxy) is 1. The molecule has 0 radical (unpaired) electrons. The van der Waals surface area contributed by atoms with Crippen molar-refractivity contribution >= 4 is 27.6 Å². The summed E-state index contributed by atoms with van der Waals surface area (Å²) in [6.07, 6.45) is -0.572. The Morgan fingerprint density at radius 3 is 2.47 bits per heavy atom. The van der Waals surface area contributed by atoms with Crippen molar-refractivity contribution in [1.82, 2.24) is 4.57 Å². The highest BCUT2D eigenvalue weighted by Gasteiger charge is 2.35. The topological polar surface area (TPSA) is 138 Å². The lowest BCUT2D eigenvalue weighted by molar-refractivity contribution is -0.237. The maximum absolute atomic E-state index is 13.6. The number of halogens is 1. The highest BCUT2D eigenvalue weighted by atomic mass is 19.1. The zero-order valence-electron chi connectivity index (χ0n) is 19.5. The van der Waals surface area contributed by atoms with Gasteiger partial charge in [-0.2, -0.15) is 0 Å². The summed E-state index contributed by atoms with van der Waals surface area (Å²) in [7, 11) is 0. The zero-order valence-corrected chi connectivity index (χ0v) is 19.5. The molecule has 4 unspecified atom stereocenters. The SMILES string of the molecule is NC(=O)c1cn(Cc2cccc3ccccc23)c2ccc(F)cc12.OCC1CC(O)C(CO)C(O)O1. The van der Waals surface area contributed by atoms with Crippen LogP contribution >= 0.6 is 0 Å². The first-order chi connectivity index (χ1) is 17.3. The van der Waals surface area contributed by atoms with Gasteiger partial charge in [0.15, 0.2) is 6.29 Å². The van der Waals surface area contributed by atoms with Gasteiger partial charge >= 0.3 is 0 Å². The third-order valence-electron chi connectivity index (χ3n) is 6.44. The highest BCUT2D eigenvalue weighted by molar-refractivity contribution is 6.06. The standard InChI is InChI=1S/C20H15FN2O.C7H14O5/c21-15-8-9-19-17(10-15)18(20(22)24)12-23(19)11-14-6-3-5-13-4-1-2-7-16(13)14;8-2-4-1-6(10)5(3-9)7(11)12-4/h1-10,12H,11H2,(H2,22,24);4-11H,1-3H2. The van der Waals surface area contributed by atoms with Crippen molar-refractivity contribution in [2.24, 2.45) is 11.7 Å². The van der Waals surface area contributed by atoms with E-state index in [-0.39, 0.29) is 25.5 Å². The van der Waals surface area contributed by atoms with Gasteiger partial charge in [-0.05, 0) is 34.5 Å². The maximum Gasteiger partial charge on any atom is 0.250 e. The molecule has 0 bridgehead atoms. The minimum atomic E-state index is -1.18. The van der Waals surface area contributed by atoms with Crippen LogP contribution in [0.15, 0.2) is 66.9 Å². The third kappa shape index (κ3) is 5.40. The second kappa shape index (κ2) is 11.2. The number of carbonyl (C=O) groups excluding carboxylic acids is 1. The molecule has 8 nitrogen and oxygen atoms in total. The molecular formula is C27H29FN2O6. The van der Waals surface area contributed by atoms with Crippen LogP contribution in [0, 0.1) is 11.7 Å². The van der Waals surface area contributed by atoms with E-state index in [0.717, 1.165) is 21.9 Å². The third-order valence-corrected chi connectivity index (χ3v) is 6.44. The van der Waals surface area contributed by atoms with Crippen LogP contribution in [-0.2, 0) is 11.3 Å². The summed E-state index contributed by atoms with van der Waals surface area (Å²) < 4.78 is 20.4. The lowest BCUT2D eigenvalue weighted by atomic mass is 9.94. The quantitative estimate of drug-likeness (QED) is 0.287. The molecule has 3 aromatic carbocycles. The normalized spacial score (nSPS) is 21.8. The van der Waals surface area contributed by atoms with Crippen molar-refractivity contribution in [2.45, 2.75) is 31.5 Å². The van der Waals surface area contributed by atoms with Gasteiger partial charge in [0.1, 0.15) is 5.82 Å². The molecule has 190 valence electrons. The van der Waals surface area contributed by atoms with Crippen LogP contribution in [0.2, 0.25) is 0 Å². The number of aliphatic hydroxyl groups excluding tert-OH is 4. The number of hydrogen-bond donors (Lipinski definition) is 5. The Hall–Kier alpha value is -3.34. The van der Waals surface area contributed by atoms with Crippen LogP contribution in [0.4, 0.5) is 4.39 Å². The number of primary amides is 1. The summed E-state index contributed by atoms with van der Waals surface area (Å²) in [4.78, 5) is 11.7. The van der Waals surface area contributed by atoms with E-state index in [0.29, 0.717) is 17.5 Å². The zero-order chi connectivity index (χ0) is 25.8. The fourth-order valence-electron chi connectivity index (χ4n) is 4.53. The summed E-state index contributed by atoms with van der Waals surface area (Å²) in [5, 5.41) is 38.8. The van der Waals surface area contributed by atoms with Crippen molar-refractivity contribution in [2.75, 3.05) is 13.2 Å². The number of carbonyl (C=O) groups is 1. The minimum Gasteiger partial charge on any atom is -0.396 e. The van der Waals surface area contributed by atoms with E-state index in [1.165, 1.54) is 12.1 Å². The second-order valence-electron chi connectivity index (χ2n) is 8.82. The van der Waals surface area contributed by atoms with E-state index >= 15 is 0 Å². The van der Waals surface area contributed by atoms with E-state index in [4.69, 9.17) is 20.7 Å². The summed E-state index contributed by atoms with van der Waals surface area (Å²) >= 11 is 0. The fourth-order valence-corrected chi connectivity index (χ4v) is 4.53. The van der Waals surface area contributed by atoms with Gasteiger partial charge in [-0.1, -0.05) is 42.5 Å². The number of amides is 1. The molecule has 0 aliphatic carbocycles. The summed E-state index contributed by atoms with van der Waals surface area (Å²) in [5.74, 6) is -1.59. The number of fused-ring (bicyclic) bond motifs is 2. The highest BCUT2D eigenvalue weighted by Crippen LogP contribution is 2.26. The molecule has 1 fully saturated rings. The molecular weight excluding hydrogens is 467 g/mol. The van der Waals surface area contributed by atoms with Gasteiger partial charge in [0.05, 0.1) is 36.9 Å². The van der Waals surface area contributed by atoms with Crippen LogP contribution in [-0.4, -0.2) is 62.6 Å². The van der Waals surface area contributed by atoms with Crippen LogP contribution in [0.3, 0.4) is 0 Å². The molecule has 1 amide bonds. The summed E-state index contributed by atoms with van der Waals surface area (Å²) in [6, 6.07) is 18.7. The van der Waals surface area contributed by atoms with Crippen LogP contribution in [0.25, 0.3) is 21.7 Å². The molecule has 1 aliphatic heterocycles. The summed E-state index contributed by atoms with van der Waals surface area (Å²) in [5.41, 5.74) is 7.71. The van der Waals surface area contributed by atoms with E-state index in [2.05, 4.69) is 24.3 Å². The van der Waals surface area contributed by atoms with Crippen LogP contribution in [0.1, 0.15) is 22.3 Å². The lowest BCUT2D eigenvalue weighted by Gasteiger charge is -2.35. The summed E-state index contributed by atoms with van der Waals surface area (Å²) in [6.45, 7) is 0.0313. The van der Waals surface area contributed by atoms with Gasteiger partial charge in [-0.15, -0.1) is 0 Å². The molecule has 0 spiro atoms. The molecule has 1 aromatic heterocycles. The number of rotatable bonds is 5. The Balaban J connectivity index is 0.000000214. The van der Waals surface area contributed by atoms with E-state index in [1.807, 2.05) is 22.8 Å². The van der Waals surface area contributed by atoms with E-state index in [1.54, 1.807) is 12.3 Å². The molecule has 9 heteroatoms. The second-order valence-corrected chi connectivity index (χ2v) is 8.82. The number of nitrogens with zero attached hydrogens (tertiary/aromatic N) is 1.